The average Bonchev–Trinajstić information content (AvgIpc) is 2.31. The molecule has 0 aliphatic carbocycles. The lowest BCUT2D eigenvalue weighted by molar-refractivity contribution is -0.138. The first-order valence-corrected chi connectivity index (χ1v) is 5.75. The Balaban J connectivity index is 2.63. The lowest BCUT2D eigenvalue weighted by atomic mass is 10.2. The van der Waals surface area contributed by atoms with Gasteiger partial charge >= 0.3 is 5.97 Å². The van der Waals surface area contributed by atoms with Crippen LogP contribution in [0.2, 0.25) is 0 Å². The fourth-order valence-electron chi connectivity index (χ4n) is 1.60. The van der Waals surface area contributed by atoms with E-state index in [0.717, 1.165) is 11.3 Å². The first-order valence-electron chi connectivity index (χ1n) is 5.75. The molecule has 0 radical (unpaired) electrons. The van der Waals surface area contributed by atoms with Crippen molar-refractivity contribution in [1.82, 2.24) is 4.90 Å². The highest BCUT2D eigenvalue weighted by molar-refractivity contribution is 5.69. The van der Waals surface area contributed by atoms with E-state index in [9.17, 15) is 4.79 Å². The summed E-state index contributed by atoms with van der Waals surface area (Å²) in [5.41, 5.74) is 1.01. The summed E-state index contributed by atoms with van der Waals surface area (Å²) in [5, 5.41) is 8.77. The summed E-state index contributed by atoms with van der Waals surface area (Å²) in [6, 6.07) is 7.56. The van der Waals surface area contributed by atoms with Gasteiger partial charge in [0, 0.05) is 6.54 Å². The Morgan fingerprint density at radius 3 is 2.61 bits per heavy atom. The number of terminal acetylenes is 1. The highest BCUT2D eigenvalue weighted by Crippen LogP contribution is 2.13. The molecule has 0 unspecified atom stereocenters. The summed E-state index contributed by atoms with van der Waals surface area (Å²) in [5.74, 6) is 2.39. The van der Waals surface area contributed by atoms with Crippen molar-refractivity contribution in [3.05, 3.63) is 29.8 Å². The van der Waals surface area contributed by atoms with E-state index in [1.165, 1.54) is 0 Å². The second kappa shape index (κ2) is 7.36. The third-order valence-corrected chi connectivity index (χ3v) is 2.31. The lowest BCUT2D eigenvalue weighted by Gasteiger charge is -2.17. The van der Waals surface area contributed by atoms with Crippen LogP contribution in [-0.2, 0) is 11.3 Å². The smallest absolute Gasteiger partial charge is 0.317 e. The van der Waals surface area contributed by atoms with Crippen molar-refractivity contribution < 1.29 is 14.6 Å². The van der Waals surface area contributed by atoms with E-state index in [0.29, 0.717) is 19.7 Å². The van der Waals surface area contributed by atoms with E-state index in [-0.39, 0.29) is 6.54 Å². The SMILES string of the molecule is C#CCN(CC(=O)O)Cc1ccc(OCC)cc1. The van der Waals surface area contributed by atoms with Crippen molar-refractivity contribution >= 4 is 5.97 Å². The molecule has 1 aromatic carbocycles. The molecule has 1 rings (SSSR count). The minimum absolute atomic E-state index is 0.0581. The second-order valence-corrected chi connectivity index (χ2v) is 3.82. The zero-order chi connectivity index (χ0) is 13.4. The second-order valence-electron chi connectivity index (χ2n) is 3.82. The van der Waals surface area contributed by atoms with Crippen LogP contribution in [0.3, 0.4) is 0 Å². The molecule has 0 aromatic heterocycles. The maximum absolute atomic E-state index is 10.7. The standard InChI is InChI=1S/C14H17NO3/c1-3-9-15(11-14(16)17)10-12-5-7-13(8-6-12)18-4-2/h1,5-8H,4,9-11H2,2H3,(H,16,17). The van der Waals surface area contributed by atoms with Crippen LogP contribution in [0.5, 0.6) is 5.75 Å². The molecule has 1 N–H and O–H groups in total. The number of carboxylic acids is 1. The van der Waals surface area contributed by atoms with Gasteiger partial charge in [-0.15, -0.1) is 6.42 Å². The Morgan fingerprint density at radius 2 is 2.11 bits per heavy atom. The van der Waals surface area contributed by atoms with Crippen LogP contribution in [0.25, 0.3) is 0 Å². The number of aliphatic carboxylic acids is 1. The van der Waals surface area contributed by atoms with Crippen LogP contribution in [-0.4, -0.2) is 35.7 Å². The number of hydrogen-bond acceptors (Lipinski definition) is 3. The van der Waals surface area contributed by atoms with Crippen LogP contribution in [0.15, 0.2) is 24.3 Å². The Labute approximate surface area is 107 Å². The van der Waals surface area contributed by atoms with E-state index in [2.05, 4.69) is 5.92 Å². The van der Waals surface area contributed by atoms with Crippen molar-refractivity contribution in [3.8, 4) is 18.1 Å². The van der Waals surface area contributed by atoms with Gasteiger partial charge in [-0.05, 0) is 24.6 Å². The van der Waals surface area contributed by atoms with Gasteiger partial charge < -0.3 is 9.84 Å². The Morgan fingerprint density at radius 1 is 1.44 bits per heavy atom. The first-order chi connectivity index (χ1) is 8.65. The maximum atomic E-state index is 10.7. The summed E-state index contributed by atoms with van der Waals surface area (Å²) in [6.45, 7) is 3.33. The molecule has 96 valence electrons. The number of nitrogens with zero attached hydrogens (tertiary/aromatic N) is 1. The molecule has 0 saturated heterocycles. The van der Waals surface area contributed by atoms with Gasteiger partial charge in [0.05, 0.1) is 19.7 Å². The summed E-state index contributed by atoms with van der Waals surface area (Å²) in [4.78, 5) is 12.4. The first kappa shape index (κ1) is 14.1. The van der Waals surface area contributed by atoms with Crippen LogP contribution >= 0.6 is 0 Å². The quantitative estimate of drug-likeness (QED) is 0.744. The van der Waals surface area contributed by atoms with Gasteiger partial charge in [0.25, 0.3) is 0 Å². The molecule has 0 bridgehead atoms. The Kier molecular flexibility index (Phi) is 5.75. The molecule has 4 heteroatoms. The monoisotopic (exact) mass is 247 g/mol. The fourth-order valence-corrected chi connectivity index (χ4v) is 1.60. The van der Waals surface area contributed by atoms with Crippen molar-refractivity contribution in [2.45, 2.75) is 13.5 Å². The molecular weight excluding hydrogens is 230 g/mol. The minimum Gasteiger partial charge on any atom is -0.494 e. The minimum atomic E-state index is -0.879. The van der Waals surface area contributed by atoms with Gasteiger partial charge in [-0.2, -0.15) is 0 Å². The van der Waals surface area contributed by atoms with Crippen LogP contribution in [0.4, 0.5) is 0 Å². The molecule has 0 aliphatic rings. The van der Waals surface area contributed by atoms with Gasteiger partial charge in [-0.3, -0.25) is 9.69 Å². The number of benzene rings is 1. The molecule has 1 aromatic rings. The summed E-state index contributed by atoms with van der Waals surface area (Å²) >= 11 is 0. The van der Waals surface area contributed by atoms with Crippen LogP contribution < -0.4 is 4.74 Å². The highest BCUT2D eigenvalue weighted by atomic mass is 16.5. The molecule has 0 saturated carbocycles. The van der Waals surface area contributed by atoms with Gasteiger partial charge in [-0.1, -0.05) is 18.1 Å². The van der Waals surface area contributed by atoms with E-state index in [1.807, 2.05) is 31.2 Å². The van der Waals surface area contributed by atoms with E-state index in [1.54, 1.807) is 4.90 Å². The van der Waals surface area contributed by atoms with Crippen molar-refractivity contribution in [1.29, 1.82) is 0 Å². The van der Waals surface area contributed by atoms with E-state index >= 15 is 0 Å². The third kappa shape index (κ3) is 4.89. The zero-order valence-corrected chi connectivity index (χ0v) is 10.4. The van der Waals surface area contributed by atoms with Gasteiger partial charge in [0.1, 0.15) is 5.75 Å². The van der Waals surface area contributed by atoms with Crippen LogP contribution in [0, 0.1) is 12.3 Å². The van der Waals surface area contributed by atoms with Crippen molar-refractivity contribution in [2.24, 2.45) is 0 Å². The lowest BCUT2D eigenvalue weighted by Crippen LogP contribution is -2.29. The average molecular weight is 247 g/mol. The molecule has 18 heavy (non-hydrogen) atoms. The van der Waals surface area contributed by atoms with Gasteiger partial charge in [0.2, 0.25) is 0 Å². The van der Waals surface area contributed by atoms with Crippen LogP contribution in [0.1, 0.15) is 12.5 Å². The molecule has 4 nitrogen and oxygen atoms in total. The summed E-state index contributed by atoms with van der Waals surface area (Å²) < 4.78 is 5.34. The molecule has 0 fully saturated rings. The highest BCUT2D eigenvalue weighted by Gasteiger charge is 2.09. The molecule has 0 amide bonds. The number of carboxylic acid groups (broad SMARTS) is 1. The zero-order valence-electron chi connectivity index (χ0n) is 10.4. The van der Waals surface area contributed by atoms with Crippen molar-refractivity contribution in [3.63, 3.8) is 0 Å². The third-order valence-electron chi connectivity index (χ3n) is 2.31. The summed E-state index contributed by atoms with van der Waals surface area (Å²) in [7, 11) is 0. The molecule has 0 spiro atoms. The predicted octanol–water partition coefficient (Wildman–Crippen LogP) is 1.61. The molecule has 0 atom stereocenters. The number of hydrogen-bond donors (Lipinski definition) is 1. The largest absolute Gasteiger partial charge is 0.494 e. The number of carbonyl (C=O) groups is 1. The predicted molar refractivity (Wildman–Crippen MR) is 69.4 cm³/mol. The maximum Gasteiger partial charge on any atom is 0.317 e. The van der Waals surface area contributed by atoms with E-state index < -0.39 is 5.97 Å². The molecule has 0 heterocycles. The molecule has 0 aliphatic heterocycles. The number of rotatable bonds is 7. The van der Waals surface area contributed by atoms with Crippen molar-refractivity contribution in [2.75, 3.05) is 19.7 Å². The summed E-state index contributed by atoms with van der Waals surface area (Å²) in [6.07, 6.45) is 5.22. The topological polar surface area (TPSA) is 49.8 Å². The number of ether oxygens (including phenoxy) is 1. The normalized spacial score (nSPS) is 10.1. The Hall–Kier alpha value is -1.99. The fraction of sp³-hybridized carbons (Fsp3) is 0.357. The molecular formula is C14H17NO3. The Bertz CT molecular complexity index is 420. The van der Waals surface area contributed by atoms with E-state index in [4.69, 9.17) is 16.3 Å². The van der Waals surface area contributed by atoms with Gasteiger partial charge in [0.15, 0.2) is 0 Å². The van der Waals surface area contributed by atoms with Gasteiger partial charge in [-0.25, -0.2) is 0 Å².